The normalized spacial score (nSPS) is 31.3. The Hall–Kier alpha value is -1.94. The van der Waals surface area contributed by atoms with Crippen molar-refractivity contribution in [1.29, 1.82) is 0 Å². The average Bonchev–Trinajstić information content (AvgIpc) is 3.24. The number of nitrogens with one attached hydrogen (secondary N) is 2. The van der Waals surface area contributed by atoms with Crippen LogP contribution in [0.3, 0.4) is 0 Å². The van der Waals surface area contributed by atoms with Gasteiger partial charge < -0.3 is 0 Å². The molecule has 5 rings (SSSR count). The summed E-state index contributed by atoms with van der Waals surface area (Å²) in [5.74, 6) is 0. The van der Waals surface area contributed by atoms with Crippen molar-refractivity contribution in [3.8, 4) is 0 Å². The number of hydrogen-bond acceptors (Lipinski definition) is 4. The molecule has 0 aliphatic carbocycles. The van der Waals surface area contributed by atoms with E-state index in [9.17, 15) is 0 Å². The maximum atomic E-state index is 7.04. The van der Waals surface area contributed by atoms with E-state index < -0.39 is 13.6 Å². The number of hydrogen-bond donors (Lipinski definition) is 2. The summed E-state index contributed by atoms with van der Waals surface area (Å²) in [5, 5.41) is 0. The van der Waals surface area contributed by atoms with E-state index in [1.165, 1.54) is 11.1 Å². The zero-order valence-electron chi connectivity index (χ0n) is 16.7. The van der Waals surface area contributed by atoms with Gasteiger partial charge in [0.05, 0.1) is 0 Å². The third-order valence-corrected chi connectivity index (χ3v) is 14.8. The zero-order valence-corrected chi connectivity index (χ0v) is 18.6. The van der Waals surface area contributed by atoms with Crippen molar-refractivity contribution in [2.24, 2.45) is 0 Å². The van der Waals surface area contributed by atoms with Crippen LogP contribution in [0.4, 0.5) is 0 Å². The second-order valence-electron chi connectivity index (χ2n) is 8.00. The van der Waals surface area contributed by atoms with E-state index in [0.717, 1.165) is 4.35 Å². The van der Waals surface area contributed by atoms with Gasteiger partial charge in [0.25, 0.3) is 0 Å². The van der Waals surface area contributed by atoms with Crippen LogP contribution in [0.5, 0.6) is 0 Å². The summed E-state index contributed by atoms with van der Waals surface area (Å²) in [4.78, 5) is 0. The molecule has 0 radical (unpaired) electrons. The minimum absolute atomic E-state index is 0.0726. The van der Waals surface area contributed by atoms with Gasteiger partial charge in [-0.2, -0.15) is 0 Å². The average molecular weight is 450 g/mol. The first-order chi connectivity index (χ1) is 14.1. The standard InChI is InChI=1S/C24H27AsN2O2/c1-18-23(20-12-6-3-7-13-20)28-25(26-18,22-16-10-5-11-17-22)27-19(2)24(29-25)21-14-8-4-9-15-21/h3-19,23-24,26-27H,1-2H3/t18-,19-,23-,24-/m0/s1. The van der Waals surface area contributed by atoms with Crippen LogP contribution in [-0.4, -0.2) is 25.7 Å². The first kappa shape index (κ1) is 19.0. The first-order valence-electron chi connectivity index (χ1n) is 10.2. The molecule has 5 heteroatoms. The molecule has 0 unspecified atom stereocenters. The van der Waals surface area contributed by atoms with Gasteiger partial charge in [-0.05, 0) is 0 Å². The van der Waals surface area contributed by atoms with Crippen molar-refractivity contribution in [2.45, 2.75) is 38.1 Å². The molecule has 2 saturated heterocycles. The topological polar surface area (TPSA) is 42.5 Å². The van der Waals surface area contributed by atoms with Gasteiger partial charge in [-0.1, -0.05) is 0 Å². The van der Waals surface area contributed by atoms with Crippen LogP contribution in [0.1, 0.15) is 37.2 Å². The monoisotopic (exact) mass is 450 g/mol. The van der Waals surface area contributed by atoms with E-state index in [2.05, 4.69) is 95.1 Å². The molecule has 150 valence electrons. The summed E-state index contributed by atoms with van der Waals surface area (Å²) >= 11 is -4.23. The van der Waals surface area contributed by atoms with Crippen molar-refractivity contribution in [2.75, 3.05) is 0 Å². The van der Waals surface area contributed by atoms with E-state index in [4.69, 9.17) is 7.45 Å². The fourth-order valence-corrected chi connectivity index (χ4v) is 14.8. The molecule has 4 nitrogen and oxygen atoms in total. The van der Waals surface area contributed by atoms with Crippen molar-refractivity contribution in [1.82, 2.24) is 8.47 Å². The molecule has 1 spiro atoms. The van der Waals surface area contributed by atoms with Crippen LogP contribution in [-0.2, 0) is 7.45 Å². The second kappa shape index (κ2) is 7.08. The Balaban J connectivity index is 1.62. The SMILES string of the molecule is C[C@@H]1N[As]2(c3ccccc3)(N[C@@H](C)[C@@H](c3ccccc3)O2)O[C@@H]1c1ccccc1. The Morgan fingerprint density at radius 3 is 1.38 bits per heavy atom. The third-order valence-electron chi connectivity index (χ3n) is 5.90. The summed E-state index contributed by atoms with van der Waals surface area (Å²) in [6.45, 7) is 4.37. The summed E-state index contributed by atoms with van der Waals surface area (Å²) in [5.41, 5.74) is 2.34. The van der Waals surface area contributed by atoms with Gasteiger partial charge in [0, 0.05) is 0 Å². The second-order valence-corrected chi connectivity index (χ2v) is 15.1. The molecule has 29 heavy (non-hydrogen) atoms. The van der Waals surface area contributed by atoms with Gasteiger partial charge in [0.15, 0.2) is 0 Å². The molecular weight excluding hydrogens is 423 g/mol. The van der Waals surface area contributed by atoms with Gasteiger partial charge >= 0.3 is 174 Å². The summed E-state index contributed by atoms with van der Waals surface area (Å²) in [6.07, 6.45) is -0.145. The van der Waals surface area contributed by atoms with Crippen LogP contribution in [0, 0.1) is 0 Å². The molecule has 3 aromatic carbocycles. The van der Waals surface area contributed by atoms with Gasteiger partial charge in [-0.3, -0.25) is 0 Å². The van der Waals surface area contributed by atoms with Crippen molar-refractivity contribution >= 4 is 17.9 Å². The molecule has 2 aliphatic heterocycles. The Labute approximate surface area is 174 Å². The predicted octanol–water partition coefficient (Wildman–Crippen LogP) is 3.78. The minimum atomic E-state index is -4.23. The van der Waals surface area contributed by atoms with Crippen LogP contribution in [0.15, 0.2) is 91.0 Å². The molecule has 2 heterocycles. The molecule has 2 N–H and O–H groups in total. The fraction of sp³-hybridized carbons (Fsp3) is 0.250. The summed E-state index contributed by atoms with van der Waals surface area (Å²) < 4.78 is 22.9. The van der Waals surface area contributed by atoms with E-state index in [0.29, 0.717) is 0 Å². The maximum absolute atomic E-state index is 7.04. The van der Waals surface area contributed by atoms with E-state index in [-0.39, 0.29) is 24.3 Å². The zero-order chi connectivity index (χ0) is 19.9. The van der Waals surface area contributed by atoms with E-state index in [1.807, 2.05) is 18.2 Å². The van der Waals surface area contributed by atoms with Gasteiger partial charge in [0.2, 0.25) is 0 Å². The van der Waals surface area contributed by atoms with Crippen molar-refractivity contribution in [3.05, 3.63) is 102 Å². The summed E-state index contributed by atoms with van der Waals surface area (Å²) in [6, 6.07) is 31.5. The fourth-order valence-electron chi connectivity index (χ4n) is 4.63. The molecule has 0 amide bonds. The Morgan fingerprint density at radius 1 is 0.586 bits per heavy atom. The molecule has 0 aromatic heterocycles. The van der Waals surface area contributed by atoms with Gasteiger partial charge in [-0.25, -0.2) is 0 Å². The Bertz CT molecular complexity index is 922. The quantitative estimate of drug-likeness (QED) is 0.597. The van der Waals surface area contributed by atoms with Crippen LogP contribution in [0.2, 0.25) is 0 Å². The van der Waals surface area contributed by atoms with Crippen molar-refractivity contribution < 1.29 is 7.45 Å². The molecule has 0 bridgehead atoms. The third kappa shape index (κ3) is 3.07. The van der Waals surface area contributed by atoms with Crippen molar-refractivity contribution in [3.63, 3.8) is 0 Å². The number of benzene rings is 3. The van der Waals surface area contributed by atoms with Crippen LogP contribution >= 0.6 is 0 Å². The molecule has 2 aliphatic rings. The van der Waals surface area contributed by atoms with E-state index in [1.54, 1.807) is 0 Å². The summed E-state index contributed by atoms with van der Waals surface area (Å²) in [7, 11) is 0. The van der Waals surface area contributed by atoms with E-state index >= 15 is 0 Å². The Kier molecular flexibility index (Phi) is 4.65. The first-order valence-corrected chi connectivity index (χ1v) is 14.6. The van der Waals surface area contributed by atoms with Crippen LogP contribution in [0.25, 0.3) is 0 Å². The van der Waals surface area contributed by atoms with Gasteiger partial charge in [-0.15, -0.1) is 0 Å². The van der Waals surface area contributed by atoms with Gasteiger partial charge in [0.1, 0.15) is 0 Å². The number of rotatable bonds is 3. The Morgan fingerprint density at radius 2 is 0.966 bits per heavy atom. The predicted molar refractivity (Wildman–Crippen MR) is 118 cm³/mol. The molecular formula is C24H27AsN2O2. The molecule has 4 atom stereocenters. The van der Waals surface area contributed by atoms with Crippen LogP contribution < -0.4 is 12.8 Å². The molecule has 0 saturated carbocycles. The molecule has 3 aromatic rings. The molecule has 2 fully saturated rings.